The summed E-state index contributed by atoms with van der Waals surface area (Å²) in [6, 6.07) is 21.3. The summed E-state index contributed by atoms with van der Waals surface area (Å²) in [6.45, 7) is 3.16. The van der Waals surface area contributed by atoms with Crippen LogP contribution in [0, 0.1) is 0 Å². The lowest BCUT2D eigenvalue weighted by molar-refractivity contribution is -0.123. The highest BCUT2D eigenvalue weighted by atomic mass is 32.2. The van der Waals surface area contributed by atoms with Gasteiger partial charge in [0.05, 0.1) is 18.1 Å². The largest absolute Gasteiger partial charge is 0.494 e. The Morgan fingerprint density at radius 3 is 2.48 bits per heavy atom. The fourth-order valence-electron chi connectivity index (χ4n) is 3.29. The van der Waals surface area contributed by atoms with Crippen LogP contribution in [0.4, 0.5) is 4.79 Å². The van der Waals surface area contributed by atoms with Crippen LogP contribution in [-0.4, -0.2) is 35.8 Å². The van der Waals surface area contributed by atoms with Crippen LogP contribution in [0.3, 0.4) is 0 Å². The van der Waals surface area contributed by atoms with Crippen LogP contribution >= 0.6 is 11.8 Å². The van der Waals surface area contributed by atoms with Crippen molar-refractivity contribution in [1.29, 1.82) is 0 Å². The molecule has 6 heteroatoms. The molecule has 3 aromatic carbocycles. The van der Waals surface area contributed by atoms with E-state index in [1.54, 1.807) is 6.08 Å². The third-order valence-electron chi connectivity index (χ3n) is 4.85. The van der Waals surface area contributed by atoms with Crippen molar-refractivity contribution in [2.24, 2.45) is 0 Å². The number of ether oxygens (including phenoxy) is 2. The van der Waals surface area contributed by atoms with Crippen LogP contribution in [0.25, 0.3) is 16.8 Å². The van der Waals surface area contributed by atoms with E-state index in [0.717, 1.165) is 46.0 Å². The zero-order valence-corrected chi connectivity index (χ0v) is 18.1. The molecule has 158 valence electrons. The molecule has 3 aromatic rings. The van der Waals surface area contributed by atoms with Gasteiger partial charge in [-0.3, -0.25) is 14.5 Å². The third kappa shape index (κ3) is 4.91. The van der Waals surface area contributed by atoms with Crippen molar-refractivity contribution in [3.8, 4) is 11.5 Å². The molecular formula is C25H23NO4S. The molecule has 1 aliphatic rings. The van der Waals surface area contributed by atoms with E-state index in [1.807, 2.05) is 66.7 Å². The summed E-state index contributed by atoms with van der Waals surface area (Å²) in [5.74, 6) is 1.24. The van der Waals surface area contributed by atoms with Gasteiger partial charge in [-0.2, -0.15) is 0 Å². The van der Waals surface area contributed by atoms with Crippen LogP contribution in [0.5, 0.6) is 11.5 Å². The number of rotatable bonds is 8. The number of carbonyl (C=O) groups excluding carboxylic acids is 2. The van der Waals surface area contributed by atoms with E-state index in [4.69, 9.17) is 9.47 Å². The molecule has 1 fully saturated rings. The molecule has 0 N–H and O–H groups in total. The molecule has 0 aromatic heterocycles. The molecule has 4 rings (SSSR count). The normalized spacial score (nSPS) is 15.1. The van der Waals surface area contributed by atoms with Crippen molar-refractivity contribution in [2.45, 2.75) is 13.3 Å². The van der Waals surface area contributed by atoms with Gasteiger partial charge in [-0.15, -0.1) is 0 Å². The molecule has 0 radical (unpaired) electrons. The van der Waals surface area contributed by atoms with Gasteiger partial charge in [0.25, 0.3) is 11.1 Å². The van der Waals surface area contributed by atoms with Crippen LogP contribution < -0.4 is 9.47 Å². The zero-order valence-electron chi connectivity index (χ0n) is 17.2. The van der Waals surface area contributed by atoms with E-state index < -0.39 is 0 Å². The minimum atomic E-state index is -0.289. The highest BCUT2D eigenvalue weighted by Crippen LogP contribution is 2.32. The molecule has 1 heterocycles. The van der Waals surface area contributed by atoms with E-state index in [2.05, 4.69) is 6.92 Å². The Balaban J connectivity index is 1.38. The quantitative estimate of drug-likeness (QED) is 0.424. The third-order valence-corrected chi connectivity index (χ3v) is 5.75. The SMILES string of the molecule is CCCOc1ccc(/C=C2\SC(=O)N(CCOc3cccc4ccccc34)C2=O)cc1. The Bertz CT molecular complexity index is 1120. The number of benzene rings is 3. The first-order valence-corrected chi connectivity index (χ1v) is 11.1. The summed E-state index contributed by atoms with van der Waals surface area (Å²) in [5, 5.41) is 1.81. The van der Waals surface area contributed by atoms with Crippen LogP contribution in [-0.2, 0) is 4.79 Å². The molecule has 31 heavy (non-hydrogen) atoms. The van der Waals surface area contributed by atoms with Gasteiger partial charge in [-0.25, -0.2) is 0 Å². The second-order valence-electron chi connectivity index (χ2n) is 7.08. The summed E-state index contributed by atoms with van der Waals surface area (Å²) in [7, 11) is 0. The minimum Gasteiger partial charge on any atom is -0.494 e. The first kappa shape index (κ1) is 21.0. The maximum Gasteiger partial charge on any atom is 0.293 e. The number of amides is 2. The second-order valence-corrected chi connectivity index (χ2v) is 8.07. The Morgan fingerprint density at radius 1 is 0.903 bits per heavy atom. The van der Waals surface area contributed by atoms with Crippen LogP contribution in [0.1, 0.15) is 18.9 Å². The van der Waals surface area contributed by atoms with Gasteiger partial charge in [-0.05, 0) is 53.4 Å². The molecule has 0 aliphatic carbocycles. The van der Waals surface area contributed by atoms with Gasteiger partial charge >= 0.3 is 0 Å². The summed E-state index contributed by atoms with van der Waals surface area (Å²) < 4.78 is 11.5. The van der Waals surface area contributed by atoms with Crippen molar-refractivity contribution in [2.75, 3.05) is 19.8 Å². The number of nitrogens with zero attached hydrogens (tertiary/aromatic N) is 1. The lowest BCUT2D eigenvalue weighted by Crippen LogP contribution is -2.32. The van der Waals surface area contributed by atoms with Gasteiger partial charge in [0, 0.05) is 5.39 Å². The van der Waals surface area contributed by atoms with E-state index >= 15 is 0 Å². The summed E-state index contributed by atoms with van der Waals surface area (Å²) in [5.41, 5.74) is 0.848. The lowest BCUT2D eigenvalue weighted by Gasteiger charge is -2.14. The molecule has 0 bridgehead atoms. The van der Waals surface area contributed by atoms with E-state index in [-0.39, 0.29) is 24.3 Å². The maximum atomic E-state index is 12.7. The van der Waals surface area contributed by atoms with Crippen LogP contribution in [0.15, 0.2) is 71.6 Å². The standard InChI is InChI=1S/C25H23NO4S/c1-2-15-29-20-12-10-18(11-13-20)17-23-24(27)26(25(28)31-23)14-16-30-22-9-5-7-19-6-3-4-8-21(19)22/h3-13,17H,2,14-16H2,1H3/b23-17-. The average molecular weight is 434 g/mol. The summed E-state index contributed by atoms with van der Waals surface area (Å²) in [6.07, 6.45) is 2.68. The fraction of sp³-hybridized carbons (Fsp3) is 0.200. The second kappa shape index (κ2) is 9.71. The minimum absolute atomic E-state index is 0.203. The van der Waals surface area contributed by atoms with Gasteiger partial charge in [0.1, 0.15) is 18.1 Å². The van der Waals surface area contributed by atoms with Gasteiger partial charge < -0.3 is 9.47 Å². The Labute approximate surface area is 185 Å². The lowest BCUT2D eigenvalue weighted by atomic mass is 10.1. The number of hydrogen-bond donors (Lipinski definition) is 0. The van der Waals surface area contributed by atoms with Crippen molar-refractivity contribution in [3.63, 3.8) is 0 Å². The molecular weight excluding hydrogens is 410 g/mol. The van der Waals surface area contributed by atoms with Gasteiger partial charge in [0.15, 0.2) is 0 Å². The molecule has 0 unspecified atom stereocenters. The van der Waals surface area contributed by atoms with Gasteiger partial charge in [0.2, 0.25) is 0 Å². The summed E-state index contributed by atoms with van der Waals surface area (Å²) >= 11 is 0.955. The Kier molecular flexibility index (Phi) is 6.57. The van der Waals surface area contributed by atoms with Gasteiger partial charge in [-0.1, -0.05) is 55.5 Å². The predicted molar refractivity (Wildman–Crippen MR) is 124 cm³/mol. The first-order chi connectivity index (χ1) is 15.2. The fourth-order valence-corrected chi connectivity index (χ4v) is 4.16. The number of hydrogen-bond acceptors (Lipinski definition) is 5. The van der Waals surface area contributed by atoms with E-state index in [1.165, 1.54) is 4.90 Å². The van der Waals surface area contributed by atoms with Crippen LogP contribution in [0.2, 0.25) is 0 Å². The molecule has 0 atom stereocenters. The smallest absolute Gasteiger partial charge is 0.293 e. The average Bonchev–Trinajstić information content (AvgIpc) is 3.06. The number of fused-ring (bicyclic) bond motifs is 1. The van der Waals surface area contributed by atoms with Crippen molar-refractivity contribution in [1.82, 2.24) is 4.90 Å². The highest BCUT2D eigenvalue weighted by molar-refractivity contribution is 8.18. The zero-order chi connectivity index (χ0) is 21.6. The highest BCUT2D eigenvalue weighted by Gasteiger charge is 2.34. The number of thioether (sulfide) groups is 1. The summed E-state index contributed by atoms with van der Waals surface area (Å²) in [4.78, 5) is 26.7. The molecule has 5 nitrogen and oxygen atoms in total. The van der Waals surface area contributed by atoms with E-state index in [0.29, 0.717) is 11.5 Å². The van der Waals surface area contributed by atoms with Crippen molar-refractivity contribution < 1.29 is 19.1 Å². The molecule has 2 amide bonds. The molecule has 1 aliphatic heterocycles. The monoisotopic (exact) mass is 433 g/mol. The topological polar surface area (TPSA) is 55.8 Å². The Hall–Kier alpha value is -3.25. The molecule has 1 saturated heterocycles. The van der Waals surface area contributed by atoms with Crippen molar-refractivity contribution >= 4 is 39.8 Å². The molecule has 0 saturated carbocycles. The molecule has 0 spiro atoms. The first-order valence-electron chi connectivity index (χ1n) is 10.2. The Morgan fingerprint density at radius 2 is 1.68 bits per heavy atom. The van der Waals surface area contributed by atoms with Crippen molar-refractivity contribution in [3.05, 3.63) is 77.2 Å². The number of imide groups is 1. The predicted octanol–water partition coefficient (Wildman–Crippen LogP) is 5.74. The number of carbonyl (C=O) groups is 2. The maximum absolute atomic E-state index is 12.7. The van der Waals surface area contributed by atoms with E-state index in [9.17, 15) is 9.59 Å².